The quantitative estimate of drug-likeness (QED) is 0.760. The minimum Gasteiger partial charge on any atom is -0.453 e. The van der Waals surface area contributed by atoms with Crippen LogP contribution in [0.1, 0.15) is 51.2 Å². The van der Waals surface area contributed by atoms with Crippen LogP contribution in [0.2, 0.25) is 0 Å². The van der Waals surface area contributed by atoms with Crippen LogP contribution in [0.3, 0.4) is 0 Å². The highest BCUT2D eigenvalue weighted by molar-refractivity contribution is 7.17. The fourth-order valence-electron chi connectivity index (χ4n) is 3.34. The van der Waals surface area contributed by atoms with E-state index in [1.54, 1.807) is 0 Å². The van der Waals surface area contributed by atoms with E-state index in [0.29, 0.717) is 10.6 Å². The summed E-state index contributed by atoms with van der Waals surface area (Å²) in [4.78, 5) is 37.9. The number of alkyl carbamates (subject to hydrolysis) is 1. The molecule has 7 heteroatoms. The lowest BCUT2D eigenvalue weighted by atomic mass is 10.0. The highest BCUT2D eigenvalue weighted by atomic mass is 32.1. The molecule has 1 aliphatic carbocycles. The van der Waals surface area contributed by atoms with Crippen molar-refractivity contribution < 1.29 is 19.1 Å². The van der Waals surface area contributed by atoms with Crippen LogP contribution in [-0.2, 0) is 28.8 Å². The summed E-state index contributed by atoms with van der Waals surface area (Å²) in [6, 6.07) is 7.77. The third-order valence-corrected chi connectivity index (χ3v) is 5.99. The lowest BCUT2D eigenvalue weighted by Gasteiger charge is -2.09. The second-order valence-corrected chi connectivity index (χ2v) is 8.03. The zero-order valence-electron chi connectivity index (χ0n) is 16.1. The molecule has 0 spiro atoms. The van der Waals surface area contributed by atoms with Crippen LogP contribution >= 0.6 is 11.3 Å². The molecular weight excluding hydrogens is 376 g/mol. The second-order valence-electron chi connectivity index (χ2n) is 6.92. The molecule has 0 saturated carbocycles. The molecule has 1 aromatic carbocycles. The van der Waals surface area contributed by atoms with E-state index in [0.717, 1.165) is 53.7 Å². The summed E-state index contributed by atoms with van der Waals surface area (Å²) in [6.07, 6.45) is 4.21. The van der Waals surface area contributed by atoms with Crippen LogP contribution in [-0.4, -0.2) is 25.0 Å². The van der Waals surface area contributed by atoms with E-state index in [1.165, 1.54) is 18.4 Å². The van der Waals surface area contributed by atoms with Crippen molar-refractivity contribution in [3.05, 3.63) is 51.4 Å². The van der Waals surface area contributed by atoms with E-state index in [4.69, 9.17) is 0 Å². The number of fused-ring (bicyclic) bond motifs is 1. The molecule has 0 unspecified atom stereocenters. The van der Waals surface area contributed by atoms with Gasteiger partial charge in [-0.25, -0.2) is 4.79 Å². The molecule has 6 nitrogen and oxygen atoms in total. The first-order valence-corrected chi connectivity index (χ1v) is 10.2. The highest BCUT2D eigenvalue weighted by Gasteiger charge is 2.26. The average molecular weight is 401 g/mol. The molecule has 1 aromatic heterocycles. The molecular formula is C21H24N2O4S. The normalized spacial score (nSPS) is 13.2. The number of hydrogen-bond donors (Lipinski definition) is 2. The van der Waals surface area contributed by atoms with Crippen molar-refractivity contribution in [3.63, 3.8) is 0 Å². The van der Waals surface area contributed by atoms with Gasteiger partial charge in [-0.2, -0.15) is 0 Å². The average Bonchev–Trinajstić information content (AvgIpc) is 2.83. The molecule has 0 radical (unpaired) electrons. The van der Waals surface area contributed by atoms with Gasteiger partial charge in [-0.15, -0.1) is 11.3 Å². The van der Waals surface area contributed by atoms with E-state index in [9.17, 15) is 14.4 Å². The summed E-state index contributed by atoms with van der Waals surface area (Å²) in [6.45, 7) is 1.99. The van der Waals surface area contributed by atoms with Gasteiger partial charge in [-0.05, 0) is 43.7 Å². The van der Waals surface area contributed by atoms with Crippen LogP contribution in [0.5, 0.6) is 0 Å². The molecule has 0 atom stereocenters. The first kappa shape index (κ1) is 20.1. The number of nitrogens with one attached hydrogen (secondary N) is 2. The number of methoxy groups -OCH3 is 1. The first-order chi connectivity index (χ1) is 13.5. The van der Waals surface area contributed by atoms with Crippen molar-refractivity contribution in [1.29, 1.82) is 0 Å². The van der Waals surface area contributed by atoms with Crippen LogP contribution < -0.4 is 10.6 Å². The molecule has 3 rings (SSSR count). The molecule has 0 saturated heterocycles. The van der Waals surface area contributed by atoms with Gasteiger partial charge in [0.2, 0.25) is 5.91 Å². The predicted octanol–water partition coefficient (Wildman–Crippen LogP) is 4.00. The van der Waals surface area contributed by atoms with E-state index in [2.05, 4.69) is 15.4 Å². The van der Waals surface area contributed by atoms with Gasteiger partial charge in [0.25, 0.3) is 5.91 Å². The van der Waals surface area contributed by atoms with Crippen LogP contribution in [0.15, 0.2) is 24.3 Å². The van der Waals surface area contributed by atoms with Gasteiger partial charge in [0.05, 0.1) is 19.1 Å². The molecule has 3 amide bonds. The SMILES string of the molecule is COC(=O)NC(=O)c1c(NC(=O)Cc2ccc(C)cc2)sc2c1CCCCC2. The number of carbonyl (C=O) groups excluding carboxylic acids is 3. The van der Waals surface area contributed by atoms with Crippen molar-refractivity contribution in [2.24, 2.45) is 0 Å². The van der Waals surface area contributed by atoms with Crippen molar-refractivity contribution in [1.82, 2.24) is 5.32 Å². The maximum atomic E-state index is 12.7. The molecule has 0 bridgehead atoms. The Labute approximate surface area is 168 Å². The molecule has 2 N–H and O–H groups in total. The third kappa shape index (κ3) is 4.78. The summed E-state index contributed by atoms with van der Waals surface area (Å²) in [7, 11) is 1.21. The second kappa shape index (κ2) is 9.01. The molecule has 2 aromatic rings. The number of benzene rings is 1. The Morgan fingerprint density at radius 2 is 1.79 bits per heavy atom. The molecule has 28 heavy (non-hydrogen) atoms. The Morgan fingerprint density at radius 3 is 2.50 bits per heavy atom. The smallest absolute Gasteiger partial charge is 0.413 e. The number of hydrogen-bond acceptors (Lipinski definition) is 5. The summed E-state index contributed by atoms with van der Waals surface area (Å²) >= 11 is 1.43. The number of thiophene rings is 1. The van der Waals surface area contributed by atoms with Crippen molar-refractivity contribution in [2.75, 3.05) is 12.4 Å². The number of aryl methyl sites for hydroxylation is 2. The molecule has 1 heterocycles. The van der Waals surface area contributed by atoms with E-state index in [1.807, 2.05) is 31.2 Å². The lowest BCUT2D eigenvalue weighted by molar-refractivity contribution is -0.115. The van der Waals surface area contributed by atoms with Crippen LogP contribution in [0.4, 0.5) is 9.80 Å². The van der Waals surface area contributed by atoms with Crippen LogP contribution in [0, 0.1) is 6.92 Å². The Balaban J connectivity index is 1.84. The Kier molecular flexibility index (Phi) is 6.46. The maximum absolute atomic E-state index is 12.7. The number of amides is 3. The number of rotatable bonds is 4. The Morgan fingerprint density at radius 1 is 1.07 bits per heavy atom. The predicted molar refractivity (Wildman–Crippen MR) is 109 cm³/mol. The fraction of sp³-hybridized carbons (Fsp3) is 0.381. The number of ether oxygens (including phenoxy) is 1. The Hall–Kier alpha value is -2.67. The van der Waals surface area contributed by atoms with Gasteiger partial charge < -0.3 is 10.1 Å². The first-order valence-electron chi connectivity index (χ1n) is 9.37. The minimum atomic E-state index is -0.810. The monoisotopic (exact) mass is 400 g/mol. The fourth-order valence-corrected chi connectivity index (χ4v) is 4.64. The lowest BCUT2D eigenvalue weighted by Crippen LogP contribution is -2.31. The van der Waals surface area contributed by atoms with Crippen LogP contribution in [0.25, 0.3) is 0 Å². The summed E-state index contributed by atoms with van der Waals surface area (Å²) in [5.41, 5.74) is 3.37. The van der Waals surface area contributed by atoms with E-state index in [-0.39, 0.29) is 12.3 Å². The van der Waals surface area contributed by atoms with Gasteiger partial charge in [0.15, 0.2) is 0 Å². The number of imide groups is 1. The summed E-state index contributed by atoms with van der Waals surface area (Å²) in [5, 5.41) is 5.62. The molecule has 148 valence electrons. The largest absolute Gasteiger partial charge is 0.453 e. The zero-order chi connectivity index (χ0) is 20.1. The highest BCUT2D eigenvalue weighted by Crippen LogP contribution is 2.37. The van der Waals surface area contributed by atoms with Crippen molar-refractivity contribution >= 4 is 34.2 Å². The Bertz CT molecular complexity index is 887. The van der Waals surface area contributed by atoms with Gasteiger partial charge in [0.1, 0.15) is 5.00 Å². The maximum Gasteiger partial charge on any atom is 0.413 e. The number of carbonyl (C=O) groups is 3. The number of anilines is 1. The topological polar surface area (TPSA) is 84.5 Å². The molecule has 0 aliphatic heterocycles. The van der Waals surface area contributed by atoms with E-state index < -0.39 is 12.0 Å². The van der Waals surface area contributed by atoms with Crippen molar-refractivity contribution in [2.45, 2.75) is 45.4 Å². The van der Waals surface area contributed by atoms with Gasteiger partial charge in [-0.3, -0.25) is 14.9 Å². The summed E-state index contributed by atoms with van der Waals surface area (Å²) in [5.74, 6) is -0.718. The molecule has 0 fully saturated rings. The van der Waals surface area contributed by atoms with Gasteiger partial charge in [-0.1, -0.05) is 36.2 Å². The molecule has 1 aliphatic rings. The zero-order valence-corrected chi connectivity index (χ0v) is 16.9. The van der Waals surface area contributed by atoms with Gasteiger partial charge in [0, 0.05) is 4.88 Å². The van der Waals surface area contributed by atoms with E-state index >= 15 is 0 Å². The standard InChI is InChI=1S/C21H24N2O4S/c1-13-8-10-14(11-9-13)12-17(24)22-20-18(19(25)23-21(26)27-2)15-6-4-3-5-7-16(15)28-20/h8-11H,3-7,12H2,1-2H3,(H,22,24)(H,23,25,26). The van der Waals surface area contributed by atoms with Crippen molar-refractivity contribution in [3.8, 4) is 0 Å². The minimum absolute atomic E-state index is 0.188. The summed E-state index contributed by atoms with van der Waals surface area (Å²) < 4.78 is 4.54. The third-order valence-electron chi connectivity index (χ3n) is 4.79. The van der Waals surface area contributed by atoms with Gasteiger partial charge >= 0.3 is 6.09 Å².